The van der Waals surface area contributed by atoms with Crippen LogP contribution < -0.4 is 10.2 Å². The minimum Gasteiger partial charge on any atom is -0.492 e. The third-order valence-corrected chi connectivity index (χ3v) is 1.38. The lowest BCUT2D eigenvalue weighted by atomic mass is 9.97. The highest BCUT2D eigenvalue weighted by Crippen LogP contribution is 2.06. The van der Waals surface area contributed by atoms with Crippen molar-refractivity contribution in [2.45, 2.75) is 0 Å². The van der Waals surface area contributed by atoms with Crippen LogP contribution in [0.4, 0.5) is 0 Å². The monoisotopic (exact) mass is 166 g/mol. The number of rotatable bonds is 3. The van der Waals surface area contributed by atoms with Crippen molar-refractivity contribution in [3.63, 3.8) is 0 Å². The molecule has 3 heteroatoms. The fourth-order valence-corrected chi connectivity index (χ4v) is 0.798. The van der Waals surface area contributed by atoms with E-state index in [2.05, 4.69) is 0 Å². The van der Waals surface area contributed by atoms with Crippen molar-refractivity contribution in [3.05, 3.63) is 24.3 Å². The molecule has 11 heavy (non-hydrogen) atoms. The topological polar surface area (TPSA) is 9.23 Å². The molecule has 0 heterocycles. The minimum absolute atomic E-state index is 0.504. The first-order valence-electron chi connectivity index (χ1n) is 3.37. The average Bonchev–Trinajstić information content (AvgIpc) is 2.04. The molecule has 0 amide bonds. The molecule has 0 atom stereocenters. The summed E-state index contributed by atoms with van der Waals surface area (Å²) in [6.07, 6.45) is 0. The van der Waals surface area contributed by atoms with Crippen LogP contribution in [0.5, 0.6) is 5.75 Å². The Bertz CT molecular complexity index is 210. The summed E-state index contributed by atoms with van der Waals surface area (Å²) in [5.41, 5.74) is 0.739. The predicted octanol–water partition coefficient (Wildman–Crippen LogP) is 1.10. The van der Waals surface area contributed by atoms with E-state index in [1.807, 2.05) is 12.1 Å². The zero-order valence-corrected chi connectivity index (χ0v) is 6.84. The second kappa shape index (κ2) is 4.29. The van der Waals surface area contributed by atoms with Gasteiger partial charge in [0.25, 0.3) is 0 Å². The van der Waals surface area contributed by atoms with E-state index in [4.69, 9.17) is 24.2 Å². The van der Waals surface area contributed by atoms with Gasteiger partial charge in [-0.3, -0.25) is 0 Å². The molecule has 0 aliphatic carbocycles. The van der Waals surface area contributed by atoms with Crippen molar-refractivity contribution in [3.8, 4) is 5.75 Å². The van der Waals surface area contributed by atoms with Gasteiger partial charge < -0.3 is 4.74 Å². The van der Waals surface area contributed by atoms with E-state index >= 15 is 0 Å². The number of halogens is 1. The van der Waals surface area contributed by atoms with Crippen molar-refractivity contribution in [1.82, 2.24) is 0 Å². The van der Waals surface area contributed by atoms with Gasteiger partial charge in [-0.1, -0.05) is 17.6 Å². The van der Waals surface area contributed by atoms with E-state index in [9.17, 15) is 0 Å². The maximum Gasteiger partial charge on any atom is 0.119 e. The molecule has 0 aliphatic heterocycles. The zero-order chi connectivity index (χ0) is 8.10. The standard InChI is InChI=1S/C8H8BClO/c9-7-1-3-8(4-2-7)11-6-5-10/h1-4H,5-6H2. The number of ether oxygens (including phenoxy) is 1. The zero-order valence-electron chi connectivity index (χ0n) is 6.09. The Kier molecular flexibility index (Phi) is 3.31. The molecule has 0 N–H and O–H groups in total. The molecule has 0 unspecified atom stereocenters. The van der Waals surface area contributed by atoms with Crippen LogP contribution in [0, 0.1) is 0 Å². The molecule has 0 aliphatic rings. The Morgan fingerprint density at radius 2 is 1.91 bits per heavy atom. The van der Waals surface area contributed by atoms with E-state index in [1.54, 1.807) is 12.1 Å². The van der Waals surface area contributed by atoms with Crippen LogP contribution in [-0.2, 0) is 0 Å². The van der Waals surface area contributed by atoms with Crippen LogP contribution >= 0.6 is 11.6 Å². The van der Waals surface area contributed by atoms with Crippen LogP contribution in [0.1, 0.15) is 0 Å². The lowest BCUT2D eigenvalue weighted by Gasteiger charge is -2.02. The van der Waals surface area contributed by atoms with Crippen molar-refractivity contribution >= 4 is 24.9 Å². The lowest BCUT2D eigenvalue weighted by Crippen LogP contribution is -2.02. The largest absolute Gasteiger partial charge is 0.492 e. The SMILES string of the molecule is [B]c1ccc(OCCCl)cc1. The highest BCUT2D eigenvalue weighted by atomic mass is 35.5. The second-order valence-corrected chi connectivity index (χ2v) is 2.48. The van der Waals surface area contributed by atoms with Crippen molar-refractivity contribution in [1.29, 1.82) is 0 Å². The van der Waals surface area contributed by atoms with Crippen LogP contribution in [0.15, 0.2) is 24.3 Å². The van der Waals surface area contributed by atoms with Crippen molar-refractivity contribution in [2.24, 2.45) is 0 Å². The van der Waals surface area contributed by atoms with Crippen LogP contribution in [-0.4, -0.2) is 20.3 Å². The highest BCUT2D eigenvalue weighted by Gasteiger charge is 1.90. The summed E-state index contributed by atoms with van der Waals surface area (Å²) in [7, 11) is 5.47. The number of hydrogen-bond donors (Lipinski definition) is 0. The smallest absolute Gasteiger partial charge is 0.119 e. The van der Waals surface area contributed by atoms with Gasteiger partial charge >= 0.3 is 0 Å². The summed E-state index contributed by atoms with van der Waals surface area (Å²) >= 11 is 5.43. The molecule has 0 bridgehead atoms. The molecule has 0 saturated carbocycles. The molecule has 1 aromatic rings. The van der Waals surface area contributed by atoms with Gasteiger partial charge in [0, 0.05) is 0 Å². The lowest BCUT2D eigenvalue weighted by molar-refractivity contribution is 0.343. The Balaban J connectivity index is 2.52. The molecular formula is C8H8BClO. The summed E-state index contributed by atoms with van der Waals surface area (Å²) in [5, 5.41) is 0. The maximum absolute atomic E-state index is 5.47. The first-order valence-corrected chi connectivity index (χ1v) is 3.90. The summed E-state index contributed by atoms with van der Waals surface area (Å²) in [6, 6.07) is 7.23. The Morgan fingerprint density at radius 1 is 1.27 bits per heavy atom. The van der Waals surface area contributed by atoms with Gasteiger partial charge in [-0.2, -0.15) is 0 Å². The van der Waals surface area contributed by atoms with Gasteiger partial charge in [0.2, 0.25) is 0 Å². The molecule has 1 aromatic carbocycles. The molecule has 0 fully saturated rings. The van der Waals surface area contributed by atoms with E-state index in [-0.39, 0.29) is 0 Å². The third-order valence-electron chi connectivity index (χ3n) is 1.23. The second-order valence-electron chi connectivity index (χ2n) is 2.11. The van der Waals surface area contributed by atoms with Crippen LogP contribution in [0.3, 0.4) is 0 Å². The van der Waals surface area contributed by atoms with Crippen molar-refractivity contribution < 1.29 is 4.74 Å². The molecule has 56 valence electrons. The molecule has 1 rings (SSSR count). The summed E-state index contributed by atoms with van der Waals surface area (Å²) < 4.78 is 5.22. The number of hydrogen-bond acceptors (Lipinski definition) is 1. The quantitative estimate of drug-likeness (QED) is 0.483. The normalized spacial score (nSPS) is 9.55. The Hall–Kier alpha value is -0.625. The van der Waals surface area contributed by atoms with Gasteiger partial charge in [0.15, 0.2) is 0 Å². The molecule has 0 spiro atoms. The van der Waals surface area contributed by atoms with Gasteiger partial charge in [0.05, 0.1) is 5.88 Å². The minimum atomic E-state index is 0.504. The summed E-state index contributed by atoms with van der Waals surface area (Å²) in [4.78, 5) is 0. The molecule has 1 nitrogen and oxygen atoms in total. The first kappa shape index (κ1) is 8.47. The van der Waals surface area contributed by atoms with Gasteiger partial charge in [-0.25, -0.2) is 0 Å². The van der Waals surface area contributed by atoms with Crippen molar-refractivity contribution in [2.75, 3.05) is 12.5 Å². The fourth-order valence-electron chi connectivity index (χ4n) is 0.720. The molecule has 2 radical (unpaired) electrons. The highest BCUT2D eigenvalue weighted by molar-refractivity contribution is 6.32. The summed E-state index contributed by atoms with van der Waals surface area (Å²) in [5.74, 6) is 1.31. The molecule has 0 aromatic heterocycles. The Labute approximate surface area is 72.7 Å². The molecular weight excluding hydrogens is 158 g/mol. The molecule has 0 saturated heterocycles. The maximum atomic E-state index is 5.47. The van der Waals surface area contributed by atoms with Gasteiger partial charge in [0.1, 0.15) is 20.2 Å². The summed E-state index contributed by atoms with van der Waals surface area (Å²) in [6.45, 7) is 0.533. The van der Waals surface area contributed by atoms with E-state index in [0.29, 0.717) is 12.5 Å². The number of benzene rings is 1. The van der Waals surface area contributed by atoms with Gasteiger partial charge in [-0.15, -0.1) is 11.6 Å². The van der Waals surface area contributed by atoms with Gasteiger partial charge in [-0.05, 0) is 12.1 Å². The van der Waals surface area contributed by atoms with E-state index < -0.39 is 0 Å². The fraction of sp³-hybridized carbons (Fsp3) is 0.250. The average molecular weight is 166 g/mol. The van der Waals surface area contributed by atoms with Crippen LogP contribution in [0.25, 0.3) is 0 Å². The van der Waals surface area contributed by atoms with E-state index in [1.165, 1.54) is 0 Å². The number of alkyl halides is 1. The third kappa shape index (κ3) is 2.85. The van der Waals surface area contributed by atoms with Crippen LogP contribution in [0.2, 0.25) is 0 Å². The van der Waals surface area contributed by atoms with E-state index in [0.717, 1.165) is 11.2 Å². The first-order chi connectivity index (χ1) is 5.33. The Morgan fingerprint density at radius 3 is 2.45 bits per heavy atom. The predicted molar refractivity (Wildman–Crippen MR) is 48.0 cm³/mol.